The van der Waals surface area contributed by atoms with Crippen LogP contribution in [0.1, 0.15) is 16.7 Å². The van der Waals surface area contributed by atoms with Gasteiger partial charge in [0.1, 0.15) is 17.0 Å². The van der Waals surface area contributed by atoms with E-state index < -0.39 is 0 Å². The lowest BCUT2D eigenvalue weighted by Crippen LogP contribution is -2.10. The maximum absolute atomic E-state index is 7.82. The summed E-state index contributed by atoms with van der Waals surface area (Å²) in [5, 5.41) is 21.9. The molecule has 0 aliphatic heterocycles. The second-order valence-corrected chi connectivity index (χ2v) is 12.4. The van der Waals surface area contributed by atoms with Crippen LogP contribution in [0.15, 0.2) is 180 Å². The molecule has 4 N–H and O–H groups in total. The fraction of sp³-hybridized carbons (Fsp3) is 0.0213. The fourth-order valence-electron chi connectivity index (χ4n) is 6.36. The molecular weight excluding hydrogens is 623 g/mol. The van der Waals surface area contributed by atoms with Gasteiger partial charge in [-0.2, -0.15) is 0 Å². The van der Waals surface area contributed by atoms with Crippen molar-refractivity contribution in [1.29, 1.82) is 10.8 Å². The number of furan rings is 1. The number of nitrogens with one attached hydrogen (secondary N) is 2. The lowest BCUT2D eigenvalue weighted by Gasteiger charge is -2.10. The van der Waals surface area contributed by atoms with Crippen LogP contribution < -0.4 is 5.73 Å². The molecule has 9 aromatic rings. The number of benzene rings is 8. The average Bonchev–Trinajstić information content (AvgIpc) is 3.57. The first-order valence-electron chi connectivity index (χ1n) is 16.9. The maximum atomic E-state index is 7.82. The van der Waals surface area contributed by atoms with Gasteiger partial charge < -0.3 is 15.6 Å². The second kappa shape index (κ2) is 14.8. The molecule has 0 bridgehead atoms. The average molecular weight is 660 g/mol. The number of fused-ring (bicyclic) bond motifs is 6. The zero-order valence-electron chi connectivity index (χ0n) is 28.3. The summed E-state index contributed by atoms with van der Waals surface area (Å²) in [5.74, 6) is 0.121. The van der Waals surface area contributed by atoms with Crippen molar-refractivity contribution < 1.29 is 4.42 Å². The smallest absolute Gasteiger partial charge is 0.136 e. The van der Waals surface area contributed by atoms with E-state index in [1.54, 1.807) is 0 Å². The van der Waals surface area contributed by atoms with E-state index in [9.17, 15) is 0 Å². The first-order valence-corrected chi connectivity index (χ1v) is 16.9. The molecule has 0 aliphatic rings. The molecule has 4 nitrogen and oxygen atoms in total. The van der Waals surface area contributed by atoms with Crippen LogP contribution in [0.2, 0.25) is 0 Å². The third-order valence-electron chi connectivity index (χ3n) is 8.99. The Bertz CT molecular complexity index is 2630. The predicted molar refractivity (Wildman–Crippen MR) is 216 cm³/mol. The molecule has 0 atom stereocenters. The molecule has 9 rings (SSSR count). The Hall–Kier alpha value is -6.78. The van der Waals surface area contributed by atoms with E-state index in [0.717, 1.165) is 38.6 Å². The summed E-state index contributed by atoms with van der Waals surface area (Å²) in [7, 11) is 0. The zero-order chi connectivity index (χ0) is 35.2. The summed E-state index contributed by atoms with van der Waals surface area (Å²) in [5.41, 5.74) is 14.6. The van der Waals surface area contributed by atoms with Crippen LogP contribution in [-0.4, -0.2) is 12.1 Å². The van der Waals surface area contributed by atoms with Crippen molar-refractivity contribution in [3.63, 3.8) is 0 Å². The fourth-order valence-corrected chi connectivity index (χ4v) is 6.36. The molecule has 0 aliphatic carbocycles. The predicted octanol–water partition coefficient (Wildman–Crippen LogP) is 12.2. The summed E-state index contributed by atoms with van der Waals surface area (Å²) < 4.78 is 6.05. The van der Waals surface area contributed by atoms with Crippen LogP contribution >= 0.6 is 0 Å². The van der Waals surface area contributed by atoms with Crippen LogP contribution in [0.5, 0.6) is 0 Å². The highest BCUT2D eigenvalue weighted by atomic mass is 16.3. The number of hydrogen-bond donors (Lipinski definition) is 3. The Labute approximate surface area is 297 Å². The topological polar surface area (TPSA) is 86.9 Å². The van der Waals surface area contributed by atoms with Gasteiger partial charge in [0.05, 0.1) is 0 Å². The first kappa shape index (κ1) is 32.8. The Morgan fingerprint density at radius 1 is 0.510 bits per heavy atom. The molecule has 0 unspecified atom stereocenters. The Kier molecular flexibility index (Phi) is 9.49. The van der Waals surface area contributed by atoms with E-state index in [2.05, 4.69) is 110 Å². The van der Waals surface area contributed by atoms with E-state index in [0.29, 0.717) is 0 Å². The summed E-state index contributed by atoms with van der Waals surface area (Å²) in [6, 6.07) is 60.1. The maximum Gasteiger partial charge on any atom is 0.136 e. The zero-order valence-corrected chi connectivity index (χ0v) is 28.3. The van der Waals surface area contributed by atoms with Gasteiger partial charge in [-0.1, -0.05) is 151 Å². The van der Waals surface area contributed by atoms with Gasteiger partial charge in [0.15, 0.2) is 0 Å². The molecule has 0 radical (unpaired) electrons. The van der Waals surface area contributed by atoms with Crippen LogP contribution in [0, 0.1) is 17.7 Å². The minimum atomic E-state index is 0.121. The molecule has 1 heterocycles. The normalized spacial score (nSPS) is 10.7. The summed E-state index contributed by atoms with van der Waals surface area (Å²) in [4.78, 5) is 0. The van der Waals surface area contributed by atoms with Gasteiger partial charge in [0.25, 0.3) is 0 Å². The Morgan fingerprint density at radius 3 is 1.76 bits per heavy atom. The SMILES string of the molecule is Cc1ccccc1.N=C(N)c1ccccc1.N=Cc1cccc2oc3ccc(-c4ccc5c(ccc6ccc(-c7ccccc7)cc65)c4)cc3c12. The Balaban J connectivity index is 0.000000209. The number of nitrogen functional groups attached to an aromatic ring is 1. The highest BCUT2D eigenvalue weighted by molar-refractivity contribution is 6.14. The van der Waals surface area contributed by atoms with Crippen LogP contribution in [0.25, 0.3) is 65.7 Å². The lowest BCUT2D eigenvalue weighted by atomic mass is 9.94. The third kappa shape index (κ3) is 7.17. The molecule has 0 saturated carbocycles. The second-order valence-electron chi connectivity index (χ2n) is 12.4. The quantitative estimate of drug-likeness (QED) is 0.0997. The highest BCUT2D eigenvalue weighted by Gasteiger charge is 2.12. The van der Waals surface area contributed by atoms with E-state index >= 15 is 0 Å². The van der Waals surface area contributed by atoms with Gasteiger partial charge in [-0.25, -0.2) is 0 Å². The summed E-state index contributed by atoms with van der Waals surface area (Å²) in [6.45, 7) is 2.08. The number of nitrogens with two attached hydrogens (primary N) is 1. The molecule has 51 heavy (non-hydrogen) atoms. The van der Waals surface area contributed by atoms with E-state index in [-0.39, 0.29) is 5.84 Å². The molecule has 246 valence electrons. The largest absolute Gasteiger partial charge is 0.456 e. The van der Waals surface area contributed by atoms with Gasteiger partial charge in [-0.3, -0.25) is 5.41 Å². The van der Waals surface area contributed by atoms with Crippen LogP contribution in [0.4, 0.5) is 0 Å². The molecule has 0 amide bonds. The van der Waals surface area contributed by atoms with E-state index in [4.69, 9.17) is 21.0 Å². The molecule has 4 heteroatoms. The summed E-state index contributed by atoms with van der Waals surface area (Å²) >= 11 is 0. The first-order chi connectivity index (χ1) is 25.0. The van der Waals surface area contributed by atoms with Gasteiger partial charge in [-0.15, -0.1) is 0 Å². The van der Waals surface area contributed by atoms with Crippen LogP contribution in [-0.2, 0) is 0 Å². The van der Waals surface area contributed by atoms with E-state index in [1.165, 1.54) is 50.0 Å². The Morgan fingerprint density at radius 2 is 1.10 bits per heavy atom. The minimum Gasteiger partial charge on any atom is -0.456 e. The minimum absolute atomic E-state index is 0.121. The van der Waals surface area contributed by atoms with Gasteiger partial charge in [-0.05, 0) is 81.1 Å². The van der Waals surface area contributed by atoms with Crippen LogP contribution in [0.3, 0.4) is 0 Å². The van der Waals surface area contributed by atoms with Gasteiger partial charge >= 0.3 is 0 Å². The van der Waals surface area contributed by atoms with Gasteiger partial charge in [0.2, 0.25) is 0 Å². The summed E-state index contributed by atoms with van der Waals surface area (Å²) in [6.07, 6.45) is 1.40. The van der Waals surface area contributed by atoms with Gasteiger partial charge in [0, 0.05) is 28.1 Å². The molecule has 0 fully saturated rings. The lowest BCUT2D eigenvalue weighted by molar-refractivity contribution is 0.669. The number of aryl methyl sites for hydroxylation is 1. The molecule has 8 aromatic carbocycles. The molecule has 0 saturated heterocycles. The van der Waals surface area contributed by atoms with Crippen molar-refractivity contribution in [3.8, 4) is 22.3 Å². The van der Waals surface area contributed by atoms with Crippen molar-refractivity contribution in [1.82, 2.24) is 0 Å². The monoisotopic (exact) mass is 659 g/mol. The number of amidine groups is 1. The molecule has 1 aromatic heterocycles. The highest BCUT2D eigenvalue weighted by Crippen LogP contribution is 2.36. The van der Waals surface area contributed by atoms with Crippen molar-refractivity contribution in [2.75, 3.05) is 0 Å². The number of rotatable bonds is 4. The van der Waals surface area contributed by atoms with Crippen molar-refractivity contribution in [2.45, 2.75) is 6.92 Å². The third-order valence-corrected chi connectivity index (χ3v) is 8.99. The van der Waals surface area contributed by atoms with Crippen molar-refractivity contribution in [2.24, 2.45) is 5.73 Å². The van der Waals surface area contributed by atoms with Crippen molar-refractivity contribution >= 4 is 55.5 Å². The van der Waals surface area contributed by atoms with Crippen molar-refractivity contribution in [3.05, 3.63) is 193 Å². The standard InChI is InChI=1S/C33H21NO.C7H8N2.C7H8/c34-20-27-7-4-8-32-33(27)30-19-25(14-16-31(30)35-32)23-13-15-28-26(17-23)12-10-22-9-11-24(18-29(22)28)21-5-2-1-3-6-21;8-7(9)6-4-2-1-3-5-6;1-7-5-3-2-4-6-7/h1-20,34H;1-5H,(H3,8,9);2-6H,1H3. The molecule has 0 spiro atoms. The number of hydrogen-bond acceptors (Lipinski definition) is 3. The molecular formula is C47H37N3O. The van der Waals surface area contributed by atoms with E-state index in [1.807, 2.05) is 72.8 Å².